The van der Waals surface area contributed by atoms with Crippen molar-refractivity contribution >= 4 is 0 Å². The number of rotatable bonds is 17. The van der Waals surface area contributed by atoms with Crippen molar-refractivity contribution in [2.24, 2.45) is 0 Å². The van der Waals surface area contributed by atoms with Crippen LogP contribution in [-0.2, 0) is 38.6 Å². The Bertz CT molecular complexity index is 578. The Morgan fingerprint density at radius 2 is 1.70 bits per heavy atom. The second-order valence-electron chi connectivity index (χ2n) is 5.79. The van der Waals surface area contributed by atoms with E-state index in [4.69, 9.17) is 24.1 Å². The summed E-state index contributed by atoms with van der Waals surface area (Å²) < 4.78 is 25.6. The highest BCUT2D eigenvalue weighted by molar-refractivity contribution is 4.89. The number of aromatic nitrogens is 5. The highest BCUT2D eigenvalue weighted by Crippen LogP contribution is 1.97. The van der Waals surface area contributed by atoms with Crippen LogP contribution in [0.25, 0.3) is 0 Å². The Morgan fingerprint density at radius 3 is 2.37 bits per heavy atom. The first kappa shape index (κ1) is 21.5. The number of aliphatic hydroxyl groups excluding tert-OH is 1. The quantitative estimate of drug-likeness (QED) is 0.281. The van der Waals surface area contributed by atoms with Crippen LogP contribution in [0.1, 0.15) is 12.1 Å². The van der Waals surface area contributed by atoms with E-state index in [1.165, 1.54) is 0 Å². The lowest BCUT2D eigenvalue weighted by atomic mass is 10.4. The molecule has 0 radical (unpaired) electrons. The van der Waals surface area contributed by atoms with E-state index in [0.29, 0.717) is 65.8 Å². The minimum Gasteiger partial charge on any atom is -0.396 e. The predicted molar refractivity (Wildman–Crippen MR) is 94.8 cm³/mol. The molecular weight excluding hydrogens is 354 g/mol. The van der Waals surface area contributed by atoms with Crippen molar-refractivity contribution in [3.63, 3.8) is 0 Å². The molecule has 2 aromatic heterocycles. The van der Waals surface area contributed by atoms with Gasteiger partial charge in [0, 0.05) is 13.2 Å². The minimum absolute atomic E-state index is 0.146. The smallest absolute Gasteiger partial charge is 0.241 e. The van der Waals surface area contributed by atoms with Crippen LogP contribution in [0, 0.1) is 0 Å². The Kier molecular flexibility index (Phi) is 11.3. The Balaban J connectivity index is 1.31. The molecule has 0 aromatic carbocycles. The zero-order chi connectivity index (χ0) is 19.0. The van der Waals surface area contributed by atoms with Gasteiger partial charge in [-0.05, 0) is 6.42 Å². The molecule has 0 aliphatic carbocycles. The highest BCUT2D eigenvalue weighted by atomic mass is 16.6. The molecule has 0 spiro atoms. The first-order chi connectivity index (χ1) is 13.4. The molecule has 2 N–H and O–H groups in total. The van der Waals surface area contributed by atoms with Gasteiger partial charge in [0.2, 0.25) is 6.33 Å². The average molecular weight is 384 g/mol. The van der Waals surface area contributed by atoms with Gasteiger partial charge < -0.3 is 24.1 Å². The summed E-state index contributed by atoms with van der Waals surface area (Å²) in [6.45, 7) is 5.88. The Hall–Kier alpha value is -1.85. The van der Waals surface area contributed by atoms with Gasteiger partial charge in [0.1, 0.15) is 24.6 Å². The van der Waals surface area contributed by atoms with Crippen LogP contribution in [0.5, 0.6) is 0 Å². The number of nitrogens with zero attached hydrogens (tertiary/aromatic N) is 4. The normalized spacial score (nSPS) is 11.3. The number of H-pyrrole nitrogens is 1. The lowest BCUT2D eigenvalue weighted by Gasteiger charge is -2.06. The fourth-order valence-corrected chi connectivity index (χ4v) is 2.21. The molecule has 0 atom stereocenters. The second-order valence-corrected chi connectivity index (χ2v) is 5.79. The lowest BCUT2D eigenvalue weighted by Crippen LogP contribution is -2.33. The molecule has 2 rings (SSSR count). The zero-order valence-electron chi connectivity index (χ0n) is 15.7. The summed E-state index contributed by atoms with van der Waals surface area (Å²) in [4.78, 5) is 2.98. The number of imidazole rings is 1. The van der Waals surface area contributed by atoms with Crippen molar-refractivity contribution in [1.29, 1.82) is 0 Å². The molecule has 0 saturated heterocycles. The van der Waals surface area contributed by atoms with Gasteiger partial charge in [-0.15, -0.1) is 5.10 Å². The first-order valence-corrected chi connectivity index (χ1v) is 9.21. The van der Waals surface area contributed by atoms with Gasteiger partial charge in [-0.2, -0.15) is 0 Å². The van der Waals surface area contributed by atoms with Gasteiger partial charge >= 0.3 is 0 Å². The standard InChI is InChI=1S/C17H29N5O5/c23-6-1-3-22-14-17(19-20-22)15-27-13-12-26-11-10-25-9-8-24-7-5-21-4-2-18-16-21/h2,4,14,16,23H,1,3,5-13,15H2/p+1. The van der Waals surface area contributed by atoms with E-state index in [1.54, 1.807) is 4.68 Å². The third-order valence-corrected chi connectivity index (χ3v) is 3.59. The molecule has 0 unspecified atom stereocenters. The van der Waals surface area contributed by atoms with Crippen molar-refractivity contribution in [2.45, 2.75) is 26.1 Å². The van der Waals surface area contributed by atoms with Gasteiger partial charge in [-0.3, -0.25) is 9.67 Å². The fraction of sp³-hybridized carbons (Fsp3) is 0.706. The van der Waals surface area contributed by atoms with Crippen LogP contribution in [0.2, 0.25) is 0 Å². The fourth-order valence-electron chi connectivity index (χ4n) is 2.21. The maximum Gasteiger partial charge on any atom is 0.241 e. The number of aryl methyl sites for hydroxylation is 1. The molecule has 0 aliphatic rings. The predicted octanol–water partition coefficient (Wildman–Crippen LogP) is -0.457. The van der Waals surface area contributed by atoms with Gasteiger partial charge in [0.05, 0.1) is 59.1 Å². The van der Waals surface area contributed by atoms with E-state index in [-0.39, 0.29) is 6.61 Å². The van der Waals surface area contributed by atoms with Crippen molar-refractivity contribution in [3.8, 4) is 0 Å². The van der Waals surface area contributed by atoms with Gasteiger partial charge in [-0.1, -0.05) is 5.21 Å². The molecular formula is C17H30N5O5+. The molecule has 0 bridgehead atoms. The molecule has 152 valence electrons. The summed E-state index contributed by atoms with van der Waals surface area (Å²) in [6, 6.07) is 0. The van der Waals surface area contributed by atoms with Crippen LogP contribution in [0.4, 0.5) is 0 Å². The van der Waals surface area contributed by atoms with Gasteiger partial charge in [-0.25, -0.2) is 4.57 Å². The SMILES string of the molecule is OCCCn1cc(COCCOCCOCCOCC[n+]2cc[nH]c2)nn1. The first-order valence-electron chi connectivity index (χ1n) is 9.21. The van der Waals surface area contributed by atoms with Crippen LogP contribution >= 0.6 is 0 Å². The molecule has 2 aromatic rings. The second kappa shape index (κ2) is 14.2. The summed E-state index contributed by atoms with van der Waals surface area (Å²) in [6.07, 6.45) is 8.22. The summed E-state index contributed by atoms with van der Waals surface area (Å²) in [5.41, 5.74) is 0.770. The van der Waals surface area contributed by atoms with Crippen LogP contribution in [0.15, 0.2) is 24.9 Å². The largest absolute Gasteiger partial charge is 0.396 e. The molecule has 0 saturated carbocycles. The lowest BCUT2D eigenvalue weighted by molar-refractivity contribution is -0.697. The van der Waals surface area contributed by atoms with Crippen LogP contribution < -0.4 is 4.57 Å². The molecule has 27 heavy (non-hydrogen) atoms. The van der Waals surface area contributed by atoms with Crippen molar-refractivity contribution in [2.75, 3.05) is 52.9 Å². The summed E-state index contributed by atoms with van der Waals surface area (Å²) in [5.74, 6) is 0. The summed E-state index contributed by atoms with van der Waals surface area (Å²) in [7, 11) is 0. The maximum absolute atomic E-state index is 8.78. The molecule has 10 heteroatoms. The third-order valence-electron chi connectivity index (χ3n) is 3.59. The van der Waals surface area contributed by atoms with Gasteiger partial charge in [0.25, 0.3) is 0 Å². The van der Waals surface area contributed by atoms with Crippen molar-refractivity contribution in [3.05, 3.63) is 30.6 Å². The number of nitrogens with one attached hydrogen (secondary N) is 1. The number of hydrogen-bond acceptors (Lipinski definition) is 7. The zero-order valence-corrected chi connectivity index (χ0v) is 15.7. The van der Waals surface area contributed by atoms with Crippen molar-refractivity contribution in [1.82, 2.24) is 20.0 Å². The highest BCUT2D eigenvalue weighted by Gasteiger charge is 2.01. The molecule has 10 nitrogen and oxygen atoms in total. The minimum atomic E-state index is 0.146. The van der Waals surface area contributed by atoms with E-state index >= 15 is 0 Å². The number of hydrogen-bond donors (Lipinski definition) is 2. The van der Waals surface area contributed by atoms with Gasteiger partial charge in [0.15, 0.2) is 0 Å². The number of aliphatic hydroxyl groups is 1. The van der Waals surface area contributed by atoms with Crippen LogP contribution in [0.3, 0.4) is 0 Å². The van der Waals surface area contributed by atoms with Crippen molar-refractivity contribution < 1.29 is 28.6 Å². The van der Waals surface area contributed by atoms with E-state index in [1.807, 2.05) is 29.5 Å². The van der Waals surface area contributed by atoms with E-state index in [2.05, 4.69) is 15.3 Å². The topological polar surface area (TPSA) is 108 Å². The number of ether oxygens (including phenoxy) is 4. The molecule has 0 aliphatic heterocycles. The van der Waals surface area contributed by atoms with E-state index in [9.17, 15) is 0 Å². The van der Waals surface area contributed by atoms with E-state index in [0.717, 1.165) is 12.2 Å². The maximum atomic E-state index is 8.78. The average Bonchev–Trinajstić information content (AvgIpc) is 3.36. The van der Waals surface area contributed by atoms with E-state index < -0.39 is 0 Å². The number of aromatic amines is 1. The summed E-state index contributed by atoms with van der Waals surface area (Å²) in [5, 5.41) is 16.7. The van der Waals surface area contributed by atoms with Crippen LogP contribution in [-0.4, -0.2) is 77.9 Å². The summed E-state index contributed by atoms with van der Waals surface area (Å²) >= 11 is 0. The Morgan fingerprint density at radius 1 is 1.00 bits per heavy atom. The molecule has 0 fully saturated rings. The molecule has 0 amide bonds. The molecule has 2 heterocycles. The Labute approximate surface area is 159 Å². The third kappa shape index (κ3) is 10.2. The monoisotopic (exact) mass is 384 g/mol.